The summed E-state index contributed by atoms with van der Waals surface area (Å²) in [7, 11) is 1.86. The molecular weight excluding hydrogens is 152 g/mol. The molecule has 0 N–H and O–H groups in total. The second-order valence-electron chi connectivity index (χ2n) is 2.53. The van der Waals surface area contributed by atoms with Crippen LogP contribution in [0.25, 0.3) is 11.0 Å². The van der Waals surface area contributed by atoms with Crippen molar-refractivity contribution in [1.82, 2.24) is 14.5 Å². The first-order chi connectivity index (χ1) is 5.83. The Balaban J connectivity index is 2.94. The summed E-state index contributed by atoms with van der Waals surface area (Å²) in [4.78, 5) is 7.91. The number of aryl methyl sites for hydroxylation is 1. The van der Waals surface area contributed by atoms with E-state index in [-0.39, 0.29) is 0 Å². The lowest BCUT2D eigenvalue weighted by molar-refractivity contribution is 0.942. The minimum absolute atomic E-state index is 0.619. The van der Waals surface area contributed by atoms with Crippen molar-refractivity contribution in [3.63, 3.8) is 0 Å². The maximum absolute atomic E-state index is 8.73. The van der Waals surface area contributed by atoms with Crippen LogP contribution >= 0.6 is 0 Å². The van der Waals surface area contributed by atoms with Gasteiger partial charge < -0.3 is 4.57 Å². The zero-order valence-electron chi connectivity index (χ0n) is 6.52. The summed E-state index contributed by atoms with van der Waals surface area (Å²) >= 11 is 0. The highest BCUT2D eigenvalue weighted by molar-refractivity contribution is 5.82. The van der Waals surface area contributed by atoms with Crippen LogP contribution in [-0.2, 0) is 7.05 Å². The maximum Gasteiger partial charge on any atom is 0.144 e. The van der Waals surface area contributed by atoms with Gasteiger partial charge in [-0.2, -0.15) is 5.26 Å². The van der Waals surface area contributed by atoms with E-state index in [9.17, 15) is 0 Å². The normalized spacial score (nSPS) is 10.0. The number of nitrogens with zero attached hydrogens (tertiary/aromatic N) is 4. The van der Waals surface area contributed by atoms with Crippen LogP contribution in [0.15, 0.2) is 18.7 Å². The first-order valence-electron chi connectivity index (χ1n) is 3.48. The van der Waals surface area contributed by atoms with Crippen LogP contribution in [0.3, 0.4) is 0 Å². The van der Waals surface area contributed by atoms with E-state index in [1.807, 2.05) is 11.6 Å². The van der Waals surface area contributed by atoms with Crippen LogP contribution in [-0.4, -0.2) is 14.5 Å². The zero-order valence-corrected chi connectivity index (χ0v) is 6.52. The number of fused-ring (bicyclic) bond motifs is 1. The second kappa shape index (κ2) is 2.31. The Kier molecular flexibility index (Phi) is 1.31. The molecule has 4 heteroatoms. The van der Waals surface area contributed by atoms with Crippen LogP contribution in [0.5, 0.6) is 0 Å². The smallest absolute Gasteiger partial charge is 0.144 e. The van der Waals surface area contributed by atoms with Gasteiger partial charge in [-0.15, -0.1) is 0 Å². The van der Waals surface area contributed by atoms with Crippen molar-refractivity contribution < 1.29 is 0 Å². The van der Waals surface area contributed by atoms with Crippen LogP contribution < -0.4 is 0 Å². The molecule has 0 bridgehead atoms. The van der Waals surface area contributed by atoms with Gasteiger partial charge in [-0.25, -0.2) is 9.97 Å². The summed E-state index contributed by atoms with van der Waals surface area (Å²) < 4.78 is 1.82. The molecule has 0 amide bonds. The third-order valence-electron chi connectivity index (χ3n) is 1.76. The van der Waals surface area contributed by atoms with Gasteiger partial charge in [0.15, 0.2) is 0 Å². The highest BCUT2D eigenvalue weighted by Crippen LogP contribution is 2.15. The van der Waals surface area contributed by atoms with Crippen LogP contribution in [0, 0.1) is 11.3 Å². The number of hydrogen-bond acceptors (Lipinski definition) is 3. The van der Waals surface area contributed by atoms with Gasteiger partial charge in [0.1, 0.15) is 18.0 Å². The van der Waals surface area contributed by atoms with E-state index in [4.69, 9.17) is 5.26 Å². The molecule has 0 aliphatic carbocycles. The fraction of sp³-hybridized carbons (Fsp3) is 0.125. The number of aromatic nitrogens is 3. The van der Waals surface area contributed by atoms with Gasteiger partial charge in [0.25, 0.3) is 0 Å². The van der Waals surface area contributed by atoms with Gasteiger partial charge in [-0.3, -0.25) is 0 Å². The Bertz CT molecular complexity index is 463. The van der Waals surface area contributed by atoms with Gasteiger partial charge in [-0.1, -0.05) is 0 Å². The van der Waals surface area contributed by atoms with Gasteiger partial charge in [0, 0.05) is 19.4 Å². The molecule has 0 radical (unpaired) electrons. The van der Waals surface area contributed by atoms with Gasteiger partial charge >= 0.3 is 0 Å². The highest BCUT2D eigenvalue weighted by Gasteiger charge is 2.05. The summed E-state index contributed by atoms with van der Waals surface area (Å²) in [5.41, 5.74) is 1.41. The molecule has 2 heterocycles. The van der Waals surface area contributed by atoms with Crippen LogP contribution in [0.4, 0.5) is 0 Å². The molecule has 0 spiro atoms. The van der Waals surface area contributed by atoms with Crippen molar-refractivity contribution in [3.8, 4) is 6.07 Å². The fourth-order valence-corrected chi connectivity index (χ4v) is 1.21. The highest BCUT2D eigenvalue weighted by atomic mass is 15.0. The van der Waals surface area contributed by atoms with Gasteiger partial charge in [-0.05, 0) is 0 Å². The molecule has 0 saturated heterocycles. The van der Waals surface area contributed by atoms with Crippen molar-refractivity contribution in [2.24, 2.45) is 7.05 Å². The molecule has 2 rings (SSSR count). The SMILES string of the molecule is Cn1cc(C#N)c2cncnc21. The lowest BCUT2D eigenvalue weighted by Crippen LogP contribution is -1.86. The molecule has 0 aliphatic heterocycles. The van der Waals surface area contributed by atoms with Crippen LogP contribution in [0.1, 0.15) is 5.56 Å². The average molecular weight is 158 g/mol. The monoisotopic (exact) mass is 158 g/mol. The summed E-state index contributed by atoms with van der Waals surface area (Å²) in [6.07, 6.45) is 4.88. The van der Waals surface area contributed by atoms with Crippen molar-refractivity contribution in [2.75, 3.05) is 0 Å². The number of nitriles is 1. The van der Waals surface area contributed by atoms with E-state index in [0.29, 0.717) is 5.56 Å². The maximum atomic E-state index is 8.73. The first kappa shape index (κ1) is 6.80. The number of hydrogen-bond donors (Lipinski definition) is 0. The predicted molar refractivity (Wildman–Crippen MR) is 43.2 cm³/mol. The van der Waals surface area contributed by atoms with Crippen molar-refractivity contribution >= 4 is 11.0 Å². The summed E-state index contributed by atoms with van der Waals surface area (Å²) in [6.45, 7) is 0. The molecule has 2 aromatic rings. The van der Waals surface area contributed by atoms with Crippen molar-refractivity contribution in [3.05, 3.63) is 24.3 Å². The molecule has 58 valence electrons. The fourth-order valence-electron chi connectivity index (χ4n) is 1.21. The molecule has 0 saturated carbocycles. The predicted octanol–water partition coefficient (Wildman–Crippen LogP) is 0.840. The van der Waals surface area contributed by atoms with Crippen molar-refractivity contribution in [2.45, 2.75) is 0 Å². The molecule has 0 aliphatic rings. The van der Waals surface area contributed by atoms with Gasteiger partial charge in [0.2, 0.25) is 0 Å². The molecule has 0 unspecified atom stereocenters. The van der Waals surface area contributed by atoms with E-state index in [0.717, 1.165) is 11.0 Å². The lowest BCUT2D eigenvalue weighted by atomic mass is 10.3. The Labute approximate surface area is 69.1 Å². The molecule has 0 fully saturated rings. The average Bonchev–Trinajstić information content (AvgIpc) is 2.44. The van der Waals surface area contributed by atoms with E-state index in [2.05, 4.69) is 16.0 Å². The molecule has 4 nitrogen and oxygen atoms in total. The molecule has 0 aromatic carbocycles. The minimum Gasteiger partial charge on any atom is -0.334 e. The topological polar surface area (TPSA) is 54.5 Å². The molecule has 12 heavy (non-hydrogen) atoms. The molecular formula is C8H6N4. The Morgan fingerprint density at radius 3 is 3.17 bits per heavy atom. The quantitative estimate of drug-likeness (QED) is 0.570. The van der Waals surface area contributed by atoms with E-state index in [1.165, 1.54) is 6.33 Å². The van der Waals surface area contributed by atoms with E-state index in [1.54, 1.807) is 12.4 Å². The largest absolute Gasteiger partial charge is 0.334 e. The Morgan fingerprint density at radius 2 is 2.42 bits per heavy atom. The van der Waals surface area contributed by atoms with E-state index < -0.39 is 0 Å². The third kappa shape index (κ3) is 0.768. The summed E-state index contributed by atoms with van der Waals surface area (Å²) in [5.74, 6) is 0. The molecule has 0 atom stereocenters. The number of rotatable bonds is 0. The Hall–Kier alpha value is -1.89. The lowest BCUT2D eigenvalue weighted by Gasteiger charge is -1.90. The summed E-state index contributed by atoms with van der Waals surface area (Å²) in [6, 6.07) is 2.09. The minimum atomic E-state index is 0.619. The van der Waals surface area contributed by atoms with Gasteiger partial charge in [0.05, 0.1) is 10.9 Å². The zero-order chi connectivity index (χ0) is 8.55. The Morgan fingerprint density at radius 1 is 1.58 bits per heavy atom. The first-order valence-corrected chi connectivity index (χ1v) is 3.48. The molecule has 2 aromatic heterocycles. The van der Waals surface area contributed by atoms with Crippen LogP contribution in [0.2, 0.25) is 0 Å². The second-order valence-corrected chi connectivity index (χ2v) is 2.53. The van der Waals surface area contributed by atoms with E-state index >= 15 is 0 Å². The van der Waals surface area contributed by atoms with Crippen molar-refractivity contribution in [1.29, 1.82) is 5.26 Å². The standard InChI is InChI=1S/C8H6N4/c1-12-4-6(2-9)7-3-10-5-11-8(7)12/h3-5H,1H3. The summed E-state index contributed by atoms with van der Waals surface area (Å²) in [5, 5.41) is 9.54. The third-order valence-corrected chi connectivity index (χ3v) is 1.76.